The summed E-state index contributed by atoms with van der Waals surface area (Å²) in [6.45, 7) is 7.76. The zero-order valence-corrected chi connectivity index (χ0v) is 16.5. The van der Waals surface area contributed by atoms with Crippen molar-refractivity contribution in [1.29, 1.82) is 0 Å². The quantitative estimate of drug-likeness (QED) is 0.578. The lowest BCUT2D eigenvalue weighted by Crippen LogP contribution is -2.21. The van der Waals surface area contributed by atoms with Crippen molar-refractivity contribution in [3.8, 4) is 0 Å². The number of thioether (sulfide) groups is 1. The second kappa shape index (κ2) is 8.22. The van der Waals surface area contributed by atoms with Crippen molar-refractivity contribution < 1.29 is 4.52 Å². The van der Waals surface area contributed by atoms with Crippen LogP contribution in [0.15, 0.2) is 40.0 Å². The summed E-state index contributed by atoms with van der Waals surface area (Å²) in [5.74, 6) is 2.28. The highest BCUT2D eigenvalue weighted by Gasteiger charge is 2.22. The van der Waals surface area contributed by atoms with E-state index in [2.05, 4.69) is 61.0 Å². The molecule has 3 aromatic rings. The fourth-order valence-electron chi connectivity index (χ4n) is 3.28. The molecule has 8 heteroatoms. The summed E-state index contributed by atoms with van der Waals surface area (Å²) in [7, 11) is 0. The molecule has 0 radical (unpaired) electrons. The molecular weight excluding hydrogens is 360 g/mol. The minimum atomic E-state index is 0.0181. The van der Waals surface area contributed by atoms with E-state index in [1.165, 1.54) is 18.4 Å². The molecule has 1 fully saturated rings. The molecule has 1 saturated heterocycles. The Hall–Kier alpha value is -2.19. The molecule has 142 valence electrons. The van der Waals surface area contributed by atoms with Gasteiger partial charge in [-0.15, -0.1) is 10.2 Å². The summed E-state index contributed by atoms with van der Waals surface area (Å²) in [6, 6.07) is 10.4. The van der Waals surface area contributed by atoms with Crippen LogP contribution in [0.2, 0.25) is 0 Å². The average molecular weight is 385 g/mol. The van der Waals surface area contributed by atoms with E-state index in [0.717, 1.165) is 37.2 Å². The molecule has 4 rings (SSSR count). The zero-order chi connectivity index (χ0) is 18.6. The van der Waals surface area contributed by atoms with Crippen LogP contribution in [0.5, 0.6) is 0 Å². The van der Waals surface area contributed by atoms with Crippen molar-refractivity contribution in [1.82, 2.24) is 29.8 Å². The molecule has 0 amide bonds. The number of aromatic nitrogens is 5. The Morgan fingerprint density at radius 3 is 2.59 bits per heavy atom. The van der Waals surface area contributed by atoms with Crippen LogP contribution >= 0.6 is 11.8 Å². The molecule has 2 aromatic heterocycles. The Kier molecular flexibility index (Phi) is 5.54. The summed E-state index contributed by atoms with van der Waals surface area (Å²) in [5.41, 5.74) is 1.24. The van der Waals surface area contributed by atoms with Gasteiger partial charge in [-0.3, -0.25) is 4.90 Å². The summed E-state index contributed by atoms with van der Waals surface area (Å²) in [6.07, 6.45) is 2.53. The van der Waals surface area contributed by atoms with Gasteiger partial charge in [-0.25, -0.2) is 0 Å². The molecule has 1 atom stereocenters. The first-order chi connectivity index (χ1) is 13.2. The lowest BCUT2D eigenvalue weighted by atomic mass is 10.2. The number of rotatable bonds is 7. The highest BCUT2D eigenvalue weighted by molar-refractivity contribution is 7.99. The van der Waals surface area contributed by atoms with E-state index in [9.17, 15) is 0 Å². The molecule has 1 aromatic carbocycles. The predicted molar refractivity (Wildman–Crippen MR) is 103 cm³/mol. The number of likely N-dealkylation sites (tertiary alicyclic amines) is 1. The lowest BCUT2D eigenvalue weighted by Gasteiger charge is -2.16. The summed E-state index contributed by atoms with van der Waals surface area (Å²) in [4.78, 5) is 6.80. The van der Waals surface area contributed by atoms with E-state index in [-0.39, 0.29) is 5.25 Å². The molecule has 0 spiro atoms. The van der Waals surface area contributed by atoms with Gasteiger partial charge in [0.15, 0.2) is 11.0 Å². The third kappa shape index (κ3) is 4.39. The van der Waals surface area contributed by atoms with E-state index in [0.29, 0.717) is 11.7 Å². The first kappa shape index (κ1) is 18.2. The molecule has 0 bridgehead atoms. The Morgan fingerprint density at radius 2 is 1.89 bits per heavy atom. The van der Waals surface area contributed by atoms with Crippen LogP contribution < -0.4 is 0 Å². The third-order valence-electron chi connectivity index (χ3n) is 4.71. The number of hydrogen-bond donors (Lipinski definition) is 0. The first-order valence-corrected chi connectivity index (χ1v) is 10.2. The molecule has 0 saturated carbocycles. The van der Waals surface area contributed by atoms with Gasteiger partial charge in [0.05, 0.1) is 18.3 Å². The minimum absolute atomic E-state index is 0.0181. The van der Waals surface area contributed by atoms with Gasteiger partial charge < -0.3 is 9.09 Å². The van der Waals surface area contributed by atoms with Gasteiger partial charge in [-0.1, -0.05) is 47.3 Å². The Bertz CT molecular complexity index is 871. The molecule has 27 heavy (non-hydrogen) atoms. The van der Waals surface area contributed by atoms with Gasteiger partial charge in [0.1, 0.15) is 5.82 Å². The van der Waals surface area contributed by atoms with E-state index in [1.807, 2.05) is 13.0 Å². The predicted octanol–water partition coefficient (Wildman–Crippen LogP) is 3.47. The molecule has 1 unspecified atom stereocenters. The maximum Gasteiger partial charge on any atom is 0.239 e. The van der Waals surface area contributed by atoms with Gasteiger partial charge in [0.2, 0.25) is 5.89 Å². The van der Waals surface area contributed by atoms with E-state index < -0.39 is 0 Å². The maximum absolute atomic E-state index is 5.32. The van der Waals surface area contributed by atoms with E-state index in [4.69, 9.17) is 4.52 Å². The smallest absolute Gasteiger partial charge is 0.239 e. The van der Waals surface area contributed by atoms with Crippen molar-refractivity contribution in [3.05, 3.63) is 53.4 Å². The standard InChI is InChI=1S/C19H24N6OS/c1-14(18-20-15(2)23-26-18)27-19-22-21-17(13-24-10-6-7-11-24)25(19)12-16-8-4-3-5-9-16/h3-5,8-9,14H,6-7,10-13H2,1-2H3. The van der Waals surface area contributed by atoms with Crippen molar-refractivity contribution >= 4 is 11.8 Å². The average Bonchev–Trinajstić information content (AvgIpc) is 3.41. The number of nitrogens with zero attached hydrogens (tertiary/aromatic N) is 6. The summed E-state index contributed by atoms with van der Waals surface area (Å²) >= 11 is 1.61. The Balaban J connectivity index is 1.58. The van der Waals surface area contributed by atoms with Gasteiger partial charge in [-0.2, -0.15) is 4.98 Å². The summed E-state index contributed by atoms with van der Waals surface area (Å²) in [5, 5.41) is 13.8. The van der Waals surface area contributed by atoms with Crippen LogP contribution in [0.4, 0.5) is 0 Å². The van der Waals surface area contributed by atoms with Crippen LogP contribution in [0.3, 0.4) is 0 Å². The molecule has 0 aliphatic carbocycles. The van der Waals surface area contributed by atoms with Crippen LogP contribution in [-0.4, -0.2) is 42.9 Å². The fourth-order valence-corrected chi connectivity index (χ4v) is 4.17. The van der Waals surface area contributed by atoms with Crippen LogP contribution in [0.25, 0.3) is 0 Å². The topological polar surface area (TPSA) is 72.9 Å². The van der Waals surface area contributed by atoms with Gasteiger partial charge in [0.25, 0.3) is 0 Å². The van der Waals surface area contributed by atoms with Crippen LogP contribution in [0.1, 0.15) is 48.1 Å². The van der Waals surface area contributed by atoms with Crippen LogP contribution in [-0.2, 0) is 13.1 Å². The number of aryl methyl sites for hydroxylation is 1. The molecule has 3 heterocycles. The minimum Gasteiger partial charge on any atom is -0.338 e. The van der Waals surface area contributed by atoms with Gasteiger partial charge in [-0.05, 0) is 45.3 Å². The second-order valence-electron chi connectivity index (χ2n) is 6.89. The van der Waals surface area contributed by atoms with E-state index in [1.54, 1.807) is 11.8 Å². The zero-order valence-electron chi connectivity index (χ0n) is 15.7. The van der Waals surface area contributed by atoms with Crippen molar-refractivity contribution in [2.75, 3.05) is 13.1 Å². The summed E-state index contributed by atoms with van der Waals surface area (Å²) < 4.78 is 7.54. The first-order valence-electron chi connectivity index (χ1n) is 9.34. The normalized spacial score (nSPS) is 16.1. The molecular formula is C19H24N6OS. The van der Waals surface area contributed by atoms with Crippen molar-refractivity contribution in [2.24, 2.45) is 0 Å². The number of benzene rings is 1. The second-order valence-corrected chi connectivity index (χ2v) is 8.20. The van der Waals surface area contributed by atoms with Crippen LogP contribution in [0, 0.1) is 6.92 Å². The Morgan fingerprint density at radius 1 is 1.11 bits per heavy atom. The highest BCUT2D eigenvalue weighted by Crippen LogP contribution is 2.33. The van der Waals surface area contributed by atoms with Gasteiger partial charge >= 0.3 is 0 Å². The maximum atomic E-state index is 5.32. The van der Waals surface area contributed by atoms with Crippen molar-refractivity contribution in [3.63, 3.8) is 0 Å². The third-order valence-corrected chi connectivity index (χ3v) is 5.78. The Labute approximate surface area is 163 Å². The highest BCUT2D eigenvalue weighted by atomic mass is 32.2. The fraction of sp³-hybridized carbons (Fsp3) is 0.474. The monoisotopic (exact) mass is 384 g/mol. The largest absolute Gasteiger partial charge is 0.338 e. The SMILES string of the molecule is Cc1noc(C(C)Sc2nnc(CN3CCCC3)n2Cc2ccccc2)n1. The van der Waals surface area contributed by atoms with Crippen molar-refractivity contribution in [2.45, 2.75) is 50.2 Å². The molecule has 1 aliphatic rings. The number of hydrogen-bond acceptors (Lipinski definition) is 7. The molecule has 1 aliphatic heterocycles. The molecule has 0 N–H and O–H groups in total. The van der Waals surface area contributed by atoms with E-state index >= 15 is 0 Å². The van der Waals surface area contributed by atoms with Gasteiger partial charge in [0, 0.05) is 0 Å². The molecule has 7 nitrogen and oxygen atoms in total. The lowest BCUT2D eigenvalue weighted by molar-refractivity contribution is 0.316.